The lowest BCUT2D eigenvalue weighted by molar-refractivity contribution is -0.139. The third-order valence-corrected chi connectivity index (χ3v) is 4.92. The van der Waals surface area contributed by atoms with Crippen molar-refractivity contribution < 1.29 is 9.53 Å². The predicted molar refractivity (Wildman–Crippen MR) is 65.5 cm³/mol. The first-order chi connectivity index (χ1) is 8.22. The number of hydrogen-bond acceptors (Lipinski definition) is 2. The smallest absolute Gasteiger partial charge is 0.223 e. The van der Waals surface area contributed by atoms with E-state index in [4.69, 9.17) is 4.74 Å². The Labute approximate surface area is 104 Å². The molecule has 3 rings (SSSR count). The van der Waals surface area contributed by atoms with Gasteiger partial charge in [-0.15, -0.1) is 0 Å². The van der Waals surface area contributed by atoms with Gasteiger partial charge in [0, 0.05) is 19.5 Å². The van der Waals surface area contributed by atoms with Crippen molar-refractivity contribution in [1.82, 2.24) is 4.90 Å². The summed E-state index contributed by atoms with van der Waals surface area (Å²) in [5.74, 6) is 2.88. The molecule has 96 valence electrons. The topological polar surface area (TPSA) is 29.5 Å². The van der Waals surface area contributed by atoms with Gasteiger partial charge in [-0.1, -0.05) is 6.42 Å². The zero-order valence-corrected chi connectivity index (χ0v) is 10.7. The molecule has 17 heavy (non-hydrogen) atoms. The third kappa shape index (κ3) is 2.35. The Morgan fingerprint density at radius 3 is 2.88 bits per heavy atom. The van der Waals surface area contributed by atoms with Crippen LogP contribution in [0.2, 0.25) is 0 Å². The lowest BCUT2D eigenvalue weighted by Crippen LogP contribution is -2.45. The van der Waals surface area contributed by atoms with E-state index in [-0.39, 0.29) is 6.10 Å². The van der Waals surface area contributed by atoms with E-state index in [1.54, 1.807) is 0 Å². The van der Waals surface area contributed by atoms with Gasteiger partial charge in [0.15, 0.2) is 0 Å². The van der Waals surface area contributed by atoms with Gasteiger partial charge >= 0.3 is 0 Å². The number of hydrogen-bond donors (Lipinski definition) is 0. The standard InChI is InChI=1S/C14H23NO2/c1-10-9-15(4-5-17-10)14(16)8-13-7-11-2-3-12(13)6-11/h10-13H,2-9H2,1H3. The van der Waals surface area contributed by atoms with Crippen LogP contribution in [-0.2, 0) is 9.53 Å². The van der Waals surface area contributed by atoms with Crippen molar-refractivity contribution in [2.45, 2.75) is 45.1 Å². The molecule has 1 saturated heterocycles. The molecule has 0 N–H and O–H groups in total. The van der Waals surface area contributed by atoms with Gasteiger partial charge in [0.25, 0.3) is 0 Å². The molecule has 1 aliphatic heterocycles. The highest BCUT2D eigenvalue weighted by atomic mass is 16.5. The highest BCUT2D eigenvalue weighted by molar-refractivity contribution is 5.76. The van der Waals surface area contributed by atoms with Crippen LogP contribution >= 0.6 is 0 Å². The molecule has 1 heterocycles. The minimum Gasteiger partial charge on any atom is -0.375 e. The number of morpholine rings is 1. The van der Waals surface area contributed by atoms with Crippen LogP contribution in [0.4, 0.5) is 0 Å². The van der Waals surface area contributed by atoms with Crippen LogP contribution in [0.3, 0.4) is 0 Å². The molecule has 1 amide bonds. The van der Waals surface area contributed by atoms with E-state index in [0.717, 1.165) is 31.3 Å². The molecule has 0 spiro atoms. The lowest BCUT2D eigenvalue weighted by Gasteiger charge is -2.32. The van der Waals surface area contributed by atoms with Crippen LogP contribution in [-0.4, -0.2) is 36.6 Å². The van der Waals surface area contributed by atoms with E-state index in [1.165, 1.54) is 25.7 Å². The van der Waals surface area contributed by atoms with E-state index >= 15 is 0 Å². The van der Waals surface area contributed by atoms with Crippen molar-refractivity contribution in [3.8, 4) is 0 Å². The molecular formula is C14H23NO2. The Bertz CT molecular complexity index is 305. The van der Waals surface area contributed by atoms with Crippen LogP contribution in [0, 0.1) is 17.8 Å². The van der Waals surface area contributed by atoms with Crippen LogP contribution in [0.1, 0.15) is 39.0 Å². The lowest BCUT2D eigenvalue weighted by atomic mass is 9.86. The van der Waals surface area contributed by atoms with Gasteiger partial charge in [-0.25, -0.2) is 0 Å². The van der Waals surface area contributed by atoms with E-state index in [0.29, 0.717) is 18.4 Å². The Balaban J connectivity index is 1.53. The monoisotopic (exact) mass is 237 g/mol. The summed E-state index contributed by atoms with van der Waals surface area (Å²) < 4.78 is 5.48. The van der Waals surface area contributed by atoms with E-state index < -0.39 is 0 Å². The summed E-state index contributed by atoms with van der Waals surface area (Å²) in [4.78, 5) is 14.3. The van der Waals surface area contributed by atoms with Gasteiger partial charge in [0.2, 0.25) is 5.91 Å². The number of carbonyl (C=O) groups is 1. The van der Waals surface area contributed by atoms with E-state index in [1.807, 2.05) is 4.90 Å². The summed E-state index contributed by atoms with van der Waals surface area (Å²) in [5.41, 5.74) is 0. The molecule has 0 aromatic carbocycles. The zero-order valence-electron chi connectivity index (χ0n) is 10.7. The zero-order chi connectivity index (χ0) is 11.8. The van der Waals surface area contributed by atoms with Crippen molar-refractivity contribution in [1.29, 1.82) is 0 Å². The first kappa shape index (κ1) is 11.5. The quantitative estimate of drug-likeness (QED) is 0.735. The molecule has 0 aromatic rings. The average molecular weight is 237 g/mol. The molecule has 0 radical (unpaired) electrons. The van der Waals surface area contributed by atoms with Crippen LogP contribution in [0.5, 0.6) is 0 Å². The Hall–Kier alpha value is -0.570. The van der Waals surface area contributed by atoms with Gasteiger partial charge in [0.1, 0.15) is 0 Å². The van der Waals surface area contributed by atoms with Gasteiger partial charge in [-0.05, 0) is 43.9 Å². The van der Waals surface area contributed by atoms with Crippen LogP contribution in [0.25, 0.3) is 0 Å². The van der Waals surface area contributed by atoms with Gasteiger partial charge in [0.05, 0.1) is 12.7 Å². The highest BCUT2D eigenvalue weighted by Crippen LogP contribution is 2.49. The van der Waals surface area contributed by atoms with Crippen LogP contribution < -0.4 is 0 Å². The maximum absolute atomic E-state index is 12.2. The molecule has 4 unspecified atom stereocenters. The molecule has 2 saturated carbocycles. The molecule has 2 bridgehead atoms. The maximum atomic E-state index is 12.2. The van der Waals surface area contributed by atoms with Gasteiger partial charge < -0.3 is 9.64 Å². The first-order valence-electron chi connectivity index (χ1n) is 7.11. The fourth-order valence-electron chi connectivity index (χ4n) is 4.02. The third-order valence-electron chi connectivity index (χ3n) is 4.92. The van der Waals surface area contributed by atoms with Crippen molar-refractivity contribution in [3.63, 3.8) is 0 Å². The minimum absolute atomic E-state index is 0.215. The second-order valence-electron chi connectivity index (χ2n) is 6.16. The maximum Gasteiger partial charge on any atom is 0.223 e. The minimum atomic E-state index is 0.215. The van der Waals surface area contributed by atoms with Crippen molar-refractivity contribution in [2.24, 2.45) is 17.8 Å². The normalized spacial score (nSPS) is 40.9. The average Bonchev–Trinajstić information content (AvgIpc) is 2.91. The van der Waals surface area contributed by atoms with Crippen LogP contribution in [0.15, 0.2) is 0 Å². The molecular weight excluding hydrogens is 214 g/mol. The number of nitrogens with zero attached hydrogens (tertiary/aromatic N) is 1. The van der Waals surface area contributed by atoms with Gasteiger partial charge in [-0.3, -0.25) is 4.79 Å². The Morgan fingerprint density at radius 1 is 1.35 bits per heavy atom. The number of rotatable bonds is 2. The molecule has 3 fully saturated rings. The van der Waals surface area contributed by atoms with Crippen molar-refractivity contribution in [3.05, 3.63) is 0 Å². The summed E-state index contributed by atoms with van der Waals surface area (Å²) >= 11 is 0. The molecule has 3 nitrogen and oxygen atoms in total. The molecule has 3 heteroatoms. The summed E-state index contributed by atoms with van der Waals surface area (Å²) in [6, 6.07) is 0. The largest absolute Gasteiger partial charge is 0.375 e. The number of ether oxygens (including phenoxy) is 1. The first-order valence-corrected chi connectivity index (χ1v) is 7.11. The van der Waals surface area contributed by atoms with Crippen molar-refractivity contribution >= 4 is 5.91 Å². The molecule has 2 aliphatic carbocycles. The summed E-state index contributed by atoms with van der Waals surface area (Å²) in [5, 5.41) is 0. The molecule has 0 aromatic heterocycles. The predicted octanol–water partition coefficient (Wildman–Crippen LogP) is 2.06. The Morgan fingerprint density at radius 2 is 2.24 bits per heavy atom. The van der Waals surface area contributed by atoms with Crippen molar-refractivity contribution in [2.75, 3.05) is 19.7 Å². The summed E-state index contributed by atoms with van der Waals surface area (Å²) in [7, 11) is 0. The fourth-order valence-corrected chi connectivity index (χ4v) is 4.02. The number of carbonyl (C=O) groups excluding carboxylic acids is 1. The van der Waals surface area contributed by atoms with Gasteiger partial charge in [-0.2, -0.15) is 0 Å². The fraction of sp³-hybridized carbons (Fsp3) is 0.929. The molecule has 3 aliphatic rings. The number of amides is 1. The molecule has 4 atom stereocenters. The van der Waals surface area contributed by atoms with E-state index in [2.05, 4.69) is 6.92 Å². The number of fused-ring (bicyclic) bond motifs is 2. The summed E-state index contributed by atoms with van der Waals surface area (Å²) in [6.07, 6.45) is 6.53. The Kier molecular flexibility index (Phi) is 3.12. The summed E-state index contributed by atoms with van der Waals surface area (Å²) in [6.45, 7) is 4.35. The second kappa shape index (κ2) is 4.60. The van der Waals surface area contributed by atoms with E-state index in [9.17, 15) is 4.79 Å². The SMILES string of the molecule is CC1CN(C(=O)CC2CC3CCC2C3)CCO1. The second-order valence-corrected chi connectivity index (χ2v) is 6.16. The highest BCUT2D eigenvalue weighted by Gasteiger charge is 2.40.